The van der Waals surface area contributed by atoms with Gasteiger partial charge in [0.2, 0.25) is 0 Å². The smallest absolute Gasteiger partial charge is 0.146 e. The lowest BCUT2D eigenvalue weighted by Crippen LogP contribution is -1.91. The van der Waals surface area contributed by atoms with Crippen molar-refractivity contribution in [2.75, 3.05) is 0 Å². The Kier molecular flexibility index (Phi) is 3.59. The third-order valence-electron chi connectivity index (χ3n) is 2.30. The van der Waals surface area contributed by atoms with Crippen molar-refractivity contribution in [2.45, 2.75) is 12.8 Å². The van der Waals surface area contributed by atoms with Gasteiger partial charge in [0.05, 0.1) is 6.20 Å². The second-order valence-corrected chi connectivity index (χ2v) is 3.94. The molecule has 0 saturated carbocycles. The molecule has 0 N–H and O–H groups in total. The molecule has 17 heavy (non-hydrogen) atoms. The van der Waals surface area contributed by atoms with E-state index in [1.165, 1.54) is 12.1 Å². The minimum absolute atomic E-state index is 0.327. The average molecular weight is 252 g/mol. The van der Waals surface area contributed by atoms with Crippen molar-refractivity contribution < 1.29 is 9.13 Å². The highest BCUT2D eigenvalue weighted by molar-refractivity contribution is 6.17. The van der Waals surface area contributed by atoms with Gasteiger partial charge in [-0.3, -0.25) is 4.98 Å². The van der Waals surface area contributed by atoms with Gasteiger partial charge in [-0.15, -0.1) is 11.6 Å². The molecule has 0 atom stereocenters. The normalized spacial score (nSPS) is 10.3. The predicted octanol–water partition coefficient (Wildman–Crippen LogP) is 4.06. The molecule has 4 heteroatoms. The Morgan fingerprint density at radius 1 is 1.29 bits per heavy atom. The van der Waals surface area contributed by atoms with Crippen LogP contribution in [0.1, 0.15) is 11.1 Å². The Morgan fingerprint density at radius 2 is 2.12 bits per heavy atom. The lowest BCUT2D eigenvalue weighted by atomic mass is 10.2. The molecule has 0 aliphatic heterocycles. The number of halogens is 2. The Morgan fingerprint density at radius 3 is 2.88 bits per heavy atom. The monoisotopic (exact) mass is 251 g/mol. The van der Waals surface area contributed by atoms with Crippen molar-refractivity contribution in [1.82, 2.24) is 4.98 Å². The number of hydrogen-bond acceptors (Lipinski definition) is 2. The molecule has 0 fully saturated rings. The number of aromatic nitrogens is 1. The van der Waals surface area contributed by atoms with Gasteiger partial charge >= 0.3 is 0 Å². The first-order valence-corrected chi connectivity index (χ1v) is 5.66. The van der Waals surface area contributed by atoms with Crippen LogP contribution in [0.15, 0.2) is 36.7 Å². The topological polar surface area (TPSA) is 22.1 Å². The Labute approximate surface area is 104 Å². The first-order valence-electron chi connectivity index (χ1n) is 5.13. The number of aryl methyl sites for hydroxylation is 1. The minimum Gasteiger partial charge on any atom is -0.455 e. The summed E-state index contributed by atoms with van der Waals surface area (Å²) in [5.74, 6) is 1.08. The third kappa shape index (κ3) is 2.94. The average Bonchev–Trinajstić information content (AvgIpc) is 2.34. The van der Waals surface area contributed by atoms with E-state index in [1.807, 2.05) is 6.92 Å². The van der Waals surface area contributed by atoms with Crippen molar-refractivity contribution >= 4 is 11.6 Å². The molecule has 0 unspecified atom stereocenters. The molecule has 0 radical (unpaired) electrons. The fourth-order valence-corrected chi connectivity index (χ4v) is 1.55. The molecule has 2 rings (SSSR count). The third-order valence-corrected chi connectivity index (χ3v) is 2.61. The number of rotatable bonds is 3. The lowest BCUT2D eigenvalue weighted by Gasteiger charge is -2.08. The van der Waals surface area contributed by atoms with Gasteiger partial charge in [0, 0.05) is 18.1 Å². The molecule has 0 bridgehead atoms. The Balaban J connectivity index is 2.27. The number of pyridine rings is 1. The van der Waals surface area contributed by atoms with Crippen LogP contribution in [0.2, 0.25) is 0 Å². The standard InChI is InChI=1S/C13H11ClFNO/c1-9-2-3-11(15)5-13(9)17-12-4-10(6-14)7-16-8-12/h2-5,7-8H,6H2,1H3. The molecule has 1 heterocycles. The van der Waals surface area contributed by atoms with E-state index >= 15 is 0 Å². The molecule has 1 aromatic carbocycles. The van der Waals surface area contributed by atoms with Crippen LogP contribution in [0.3, 0.4) is 0 Å². The molecular formula is C13H11ClFNO. The van der Waals surface area contributed by atoms with E-state index < -0.39 is 0 Å². The number of nitrogens with zero attached hydrogens (tertiary/aromatic N) is 1. The highest BCUT2D eigenvalue weighted by Crippen LogP contribution is 2.25. The first-order chi connectivity index (χ1) is 8.19. The van der Waals surface area contributed by atoms with Crippen molar-refractivity contribution in [1.29, 1.82) is 0 Å². The van der Waals surface area contributed by atoms with E-state index in [-0.39, 0.29) is 5.82 Å². The Bertz CT molecular complexity index is 531. The van der Waals surface area contributed by atoms with Crippen LogP contribution in [0.5, 0.6) is 11.5 Å². The fraction of sp³-hybridized carbons (Fsp3) is 0.154. The van der Waals surface area contributed by atoms with E-state index in [0.29, 0.717) is 17.4 Å². The zero-order valence-corrected chi connectivity index (χ0v) is 10.0. The van der Waals surface area contributed by atoms with Crippen LogP contribution >= 0.6 is 11.6 Å². The molecule has 2 aromatic rings. The van der Waals surface area contributed by atoms with E-state index in [2.05, 4.69) is 4.98 Å². The van der Waals surface area contributed by atoms with Gasteiger partial charge < -0.3 is 4.74 Å². The van der Waals surface area contributed by atoms with Crippen molar-refractivity contribution in [3.8, 4) is 11.5 Å². The summed E-state index contributed by atoms with van der Waals surface area (Å²) < 4.78 is 18.6. The van der Waals surface area contributed by atoms with Crippen LogP contribution in [-0.4, -0.2) is 4.98 Å². The van der Waals surface area contributed by atoms with E-state index in [4.69, 9.17) is 16.3 Å². The molecule has 0 amide bonds. The number of alkyl halides is 1. The highest BCUT2D eigenvalue weighted by atomic mass is 35.5. The van der Waals surface area contributed by atoms with Crippen LogP contribution in [0, 0.1) is 12.7 Å². The highest BCUT2D eigenvalue weighted by Gasteiger charge is 2.04. The number of ether oxygens (including phenoxy) is 1. The van der Waals surface area contributed by atoms with Gasteiger partial charge in [0.15, 0.2) is 0 Å². The van der Waals surface area contributed by atoms with E-state index in [9.17, 15) is 4.39 Å². The maximum Gasteiger partial charge on any atom is 0.146 e. The fourth-order valence-electron chi connectivity index (χ4n) is 1.40. The maximum absolute atomic E-state index is 13.1. The van der Waals surface area contributed by atoms with Gasteiger partial charge in [-0.1, -0.05) is 6.07 Å². The molecule has 0 aliphatic rings. The predicted molar refractivity (Wildman–Crippen MR) is 65.0 cm³/mol. The summed E-state index contributed by atoms with van der Waals surface area (Å²) in [5, 5.41) is 0. The summed E-state index contributed by atoms with van der Waals surface area (Å²) in [4.78, 5) is 4.00. The van der Waals surface area contributed by atoms with Gasteiger partial charge in [0.1, 0.15) is 17.3 Å². The number of hydrogen-bond donors (Lipinski definition) is 0. The summed E-state index contributed by atoms with van der Waals surface area (Å²) in [6.07, 6.45) is 3.23. The zero-order chi connectivity index (χ0) is 12.3. The summed E-state index contributed by atoms with van der Waals surface area (Å²) in [6, 6.07) is 6.20. The van der Waals surface area contributed by atoms with Crippen LogP contribution < -0.4 is 4.74 Å². The van der Waals surface area contributed by atoms with Crippen molar-refractivity contribution in [3.05, 3.63) is 53.6 Å². The van der Waals surface area contributed by atoms with Gasteiger partial charge in [0.25, 0.3) is 0 Å². The Hall–Kier alpha value is -1.61. The molecule has 0 spiro atoms. The maximum atomic E-state index is 13.1. The van der Waals surface area contributed by atoms with Crippen molar-refractivity contribution in [3.63, 3.8) is 0 Å². The molecule has 0 saturated heterocycles. The molecule has 2 nitrogen and oxygen atoms in total. The second-order valence-electron chi connectivity index (χ2n) is 3.67. The van der Waals surface area contributed by atoms with Gasteiger partial charge in [-0.2, -0.15) is 0 Å². The summed E-state index contributed by atoms with van der Waals surface area (Å²) in [7, 11) is 0. The summed E-state index contributed by atoms with van der Waals surface area (Å²) in [6.45, 7) is 1.85. The lowest BCUT2D eigenvalue weighted by molar-refractivity contribution is 0.470. The second kappa shape index (κ2) is 5.15. The molecular weight excluding hydrogens is 241 g/mol. The minimum atomic E-state index is -0.327. The van der Waals surface area contributed by atoms with Crippen molar-refractivity contribution in [2.24, 2.45) is 0 Å². The van der Waals surface area contributed by atoms with Crippen LogP contribution in [0.4, 0.5) is 4.39 Å². The molecule has 1 aromatic heterocycles. The van der Waals surface area contributed by atoms with Crippen LogP contribution in [0.25, 0.3) is 0 Å². The number of benzene rings is 1. The van der Waals surface area contributed by atoms with E-state index in [1.54, 1.807) is 24.5 Å². The van der Waals surface area contributed by atoms with Gasteiger partial charge in [-0.05, 0) is 30.2 Å². The molecule has 88 valence electrons. The van der Waals surface area contributed by atoms with E-state index in [0.717, 1.165) is 11.1 Å². The quantitative estimate of drug-likeness (QED) is 0.768. The largest absolute Gasteiger partial charge is 0.455 e. The van der Waals surface area contributed by atoms with Gasteiger partial charge in [-0.25, -0.2) is 4.39 Å². The SMILES string of the molecule is Cc1ccc(F)cc1Oc1cncc(CCl)c1. The summed E-state index contributed by atoms with van der Waals surface area (Å²) in [5.41, 5.74) is 1.72. The zero-order valence-electron chi connectivity index (χ0n) is 9.28. The summed E-state index contributed by atoms with van der Waals surface area (Å²) >= 11 is 5.70. The van der Waals surface area contributed by atoms with Crippen LogP contribution in [-0.2, 0) is 5.88 Å². The first kappa shape index (κ1) is 11.9. The molecule has 0 aliphatic carbocycles.